The van der Waals surface area contributed by atoms with Gasteiger partial charge in [0.2, 0.25) is 0 Å². The maximum absolute atomic E-state index is 11.8. The van der Waals surface area contributed by atoms with E-state index in [9.17, 15) is 13.2 Å². The molecule has 0 aliphatic rings. The van der Waals surface area contributed by atoms with Crippen molar-refractivity contribution in [1.82, 2.24) is 0 Å². The highest BCUT2D eigenvalue weighted by Crippen LogP contribution is 2.17. The Morgan fingerprint density at radius 3 is 2.53 bits per heavy atom. The van der Waals surface area contributed by atoms with Crippen molar-refractivity contribution in [3.05, 3.63) is 29.8 Å². The van der Waals surface area contributed by atoms with Gasteiger partial charge in [0.05, 0.1) is 6.26 Å². The Kier molecular flexibility index (Phi) is 4.28. The van der Waals surface area contributed by atoms with Crippen LogP contribution in [0.1, 0.15) is 30.6 Å². The number of hydrogen-bond acceptors (Lipinski definition) is 4. The highest BCUT2D eigenvalue weighted by Gasteiger charge is 2.10. The lowest BCUT2D eigenvalue weighted by molar-refractivity contribution is 0.0967. The number of hydrogen-bond donors (Lipinski definition) is 0. The van der Waals surface area contributed by atoms with E-state index in [-0.39, 0.29) is 17.5 Å². The van der Waals surface area contributed by atoms with Gasteiger partial charge in [-0.25, -0.2) is 0 Å². The minimum atomic E-state index is -3.55. The molecular weight excluding hydrogens is 240 g/mol. The second kappa shape index (κ2) is 5.31. The van der Waals surface area contributed by atoms with E-state index >= 15 is 0 Å². The molecule has 0 heterocycles. The van der Waals surface area contributed by atoms with Gasteiger partial charge in [-0.05, 0) is 18.1 Å². The van der Waals surface area contributed by atoms with Gasteiger partial charge in [-0.15, -0.1) is 0 Å². The fraction of sp³-hybridized carbons (Fsp3) is 0.417. The molecule has 5 heteroatoms. The fourth-order valence-corrected chi connectivity index (χ4v) is 1.84. The second-order valence-electron chi connectivity index (χ2n) is 4.34. The van der Waals surface area contributed by atoms with Gasteiger partial charge in [0.15, 0.2) is 5.78 Å². The second-order valence-corrected chi connectivity index (χ2v) is 5.91. The number of rotatable bonds is 5. The van der Waals surface area contributed by atoms with Gasteiger partial charge in [0.1, 0.15) is 5.75 Å². The van der Waals surface area contributed by atoms with Crippen molar-refractivity contribution in [3.63, 3.8) is 0 Å². The Morgan fingerprint density at radius 1 is 1.35 bits per heavy atom. The van der Waals surface area contributed by atoms with E-state index in [0.29, 0.717) is 12.0 Å². The van der Waals surface area contributed by atoms with Crippen molar-refractivity contribution in [2.24, 2.45) is 5.92 Å². The van der Waals surface area contributed by atoms with Crippen LogP contribution in [0, 0.1) is 5.92 Å². The van der Waals surface area contributed by atoms with Crippen molar-refractivity contribution in [1.29, 1.82) is 0 Å². The normalized spacial score (nSPS) is 11.5. The molecule has 0 aromatic heterocycles. The Hall–Kier alpha value is -1.36. The molecule has 0 fully saturated rings. The lowest BCUT2D eigenvalue weighted by Gasteiger charge is -2.06. The molecule has 0 spiro atoms. The Morgan fingerprint density at radius 2 is 2.00 bits per heavy atom. The summed E-state index contributed by atoms with van der Waals surface area (Å²) in [4.78, 5) is 11.8. The van der Waals surface area contributed by atoms with E-state index in [2.05, 4.69) is 0 Å². The van der Waals surface area contributed by atoms with Crippen LogP contribution in [0.25, 0.3) is 0 Å². The van der Waals surface area contributed by atoms with Gasteiger partial charge in [-0.3, -0.25) is 4.79 Å². The summed E-state index contributed by atoms with van der Waals surface area (Å²) < 4.78 is 26.6. The monoisotopic (exact) mass is 256 g/mol. The van der Waals surface area contributed by atoms with E-state index in [4.69, 9.17) is 4.18 Å². The molecular formula is C12H16O4S. The SMILES string of the molecule is CC(C)CC(=O)c1cccc(OS(C)(=O)=O)c1. The third kappa shape index (κ3) is 4.99. The first-order valence-electron chi connectivity index (χ1n) is 5.30. The standard InChI is InChI=1S/C12H16O4S/c1-9(2)7-12(13)10-5-4-6-11(8-10)16-17(3,14)15/h4-6,8-9H,7H2,1-3H3. The molecule has 0 unspecified atom stereocenters. The molecule has 0 N–H and O–H groups in total. The predicted molar refractivity (Wildman–Crippen MR) is 65.7 cm³/mol. The number of ketones is 1. The molecule has 4 nitrogen and oxygen atoms in total. The summed E-state index contributed by atoms with van der Waals surface area (Å²) in [6.07, 6.45) is 1.40. The number of carbonyl (C=O) groups excluding carboxylic acids is 1. The summed E-state index contributed by atoms with van der Waals surface area (Å²) in [5.41, 5.74) is 0.472. The molecule has 0 bridgehead atoms. The van der Waals surface area contributed by atoms with E-state index in [0.717, 1.165) is 6.26 Å². The molecule has 1 aromatic carbocycles. The number of Topliss-reactive ketones (excluding diaryl/α,β-unsaturated/α-hetero) is 1. The smallest absolute Gasteiger partial charge is 0.306 e. The molecule has 0 aliphatic carbocycles. The van der Waals surface area contributed by atoms with Crippen LogP contribution >= 0.6 is 0 Å². The average molecular weight is 256 g/mol. The third-order valence-corrected chi connectivity index (χ3v) is 2.49. The van der Waals surface area contributed by atoms with Crippen molar-refractivity contribution in [2.45, 2.75) is 20.3 Å². The van der Waals surface area contributed by atoms with Crippen molar-refractivity contribution < 1.29 is 17.4 Å². The van der Waals surface area contributed by atoms with Crippen molar-refractivity contribution in [2.75, 3.05) is 6.26 Å². The van der Waals surface area contributed by atoms with E-state index < -0.39 is 10.1 Å². The topological polar surface area (TPSA) is 60.4 Å². The highest BCUT2D eigenvalue weighted by molar-refractivity contribution is 7.86. The summed E-state index contributed by atoms with van der Waals surface area (Å²) in [6.45, 7) is 3.91. The minimum Gasteiger partial charge on any atom is -0.383 e. The first-order chi connectivity index (χ1) is 7.78. The minimum absolute atomic E-state index is 0.0149. The zero-order valence-electron chi connectivity index (χ0n) is 10.1. The molecule has 0 saturated heterocycles. The lowest BCUT2D eigenvalue weighted by atomic mass is 10.0. The van der Waals surface area contributed by atoms with Crippen LogP contribution in [-0.2, 0) is 10.1 Å². The van der Waals surface area contributed by atoms with E-state index in [1.54, 1.807) is 12.1 Å². The van der Waals surface area contributed by atoms with Crippen LogP contribution in [-0.4, -0.2) is 20.5 Å². The molecule has 0 aliphatic heterocycles. The molecule has 1 aromatic rings. The summed E-state index contributed by atoms with van der Waals surface area (Å²) in [7, 11) is -3.55. The Balaban J connectivity index is 2.90. The van der Waals surface area contributed by atoms with E-state index in [1.807, 2.05) is 13.8 Å². The molecule has 17 heavy (non-hydrogen) atoms. The van der Waals surface area contributed by atoms with Crippen molar-refractivity contribution in [3.8, 4) is 5.75 Å². The predicted octanol–water partition coefficient (Wildman–Crippen LogP) is 2.25. The zero-order chi connectivity index (χ0) is 13.1. The van der Waals surface area contributed by atoms with Gasteiger partial charge in [-0.2, -0.15) is 8.42 Å². The summed E-state index contributed by atoms with van der Waals surface area (Å²) in [5.74, 6) is 0.419. The molecule has 0 radical (unpaired) electrons. The fourth-order valence-electron chi connectivity index (χ4n) is 1.38. The molecule has 1 rings (SSSR count). The average Bonchev–Trinajstić information content (AvgIpc) is 2.14. The van der Waals surface area contributed by atoms with Gasteiger partial charge in [0, 0.05) is 12.0 Å². The van der Waals surface area contributed by atoms with E-state index in [1.165, 1.54) is 12.1 Å². The maximum atomic E-state index is 11.8. The zero-order valence-corrected chi connectivity index (χ0v) is 11.0. The summed E-state index contributed by atoms with van der Waals surface area (Å²) in [6, 6.07) is 6.22. The summed E-state index contributed by atoms with van der Waals surface area (Å²) >= 11 is 0. The van der Waals surface area contributed by atoms with Gasteiger partial charge >= 0.3 is 10.1 Å². The first-order valence-corrected chi connectivity index (χ1v) is 7.12. The molecule has 0 saturated carbocycles. The van der Waals surface area contributed by atoms with Crippen LogP contribution in [0.4, 0.5) is 0 Å². The van der Waals surface area contributed by atoms with Gasteiger partial charge < -0.3 is 4.18 Å². The van der Waals surface area contributed by atoms with Crippen molar-refractivity contribution >= 4 is 15.9 Å². The largest absolute Gasteiger partial charge is 0.383 e. The van der Waals surface area contributed by atoms with Crippen LogP contribution in [0.5, 0.6) is 5.75 Å². The molecule has 94 valence electrons. The quantitative estimate of drug-likeness (QED) is 0.599. The number of carbonyl (C=O) groups is 1. The molecule has 0 atom stereocenters. The lowest BCUT2D eigenvalue weighted by Crippen LogP contribution is -2.07. The first kappa shape index (κ1) is 13.7. The van der Waals surface area contributed by atoms with Gasteiger partial charge in [-0.1, -0.05) is 26.0 Å². The summed E-state index contributed by atoms with van der Waals surface area (Å²) in [5, 5.41) is 0. The van der Waals surface area contributed by atoms with Gasteiger partial charge in [0.25, 0.3) is 0 Å². The van der Waals surface area contributed by atoms with Crippen LogP contribution in [0.2, 0.25) is 0 Å². The van der Waals surface area contributed by atoms with Crippen LogP contribution in [0.3, 0.4) is 0 Å². The molecule has 0 amide bonds. The third-order valence-electron chi connectivity index (χ3n) is 2.00. The highest BCUT2D eigenvalue weighted by atomic mass is 32.2. The Labute approximate surface area is 102 Å². The maximum Gasteiger partial charge on any atom is 0.306 e. The Bertz CT molecular complexity index is 503. The van der Waals surface area contributed by atoms with Crippen LogP contribution < -0.4 is 4.18 Å². The number of benzene rings is 1. The van der Waals surface area contributed by atoms with Crippen LogP contribution in [0.15, 0.2) is 24.3 Å².